The molecule has 0 saturated carbocycles. The lowest BCUT2D eigenvalue weighted by Crippen LogP contribution is -2.33. The molecule has 6 nitrogen and oxygen atoms in total. The van der Waals surface area contributed by atoms with E-state index in [2.05, 4.69) is 43.2 Å². The van der Waals surface area contributed by atoms with Gasteiger partial charge in [-0.2, -0.15) is 5.10 Å². The zero-order valence-corrected chi connectivity index (χ0v) is 20.0. The Balaban J connectivity index is 1.69. The molecule has 1 aromatic heterocycles. The largest absolute Gasteiger partial charge is 0.497 e. The van der Waals surface area contributed by atoms with Gasteiger partial charge in [-0.25, -0.2) is 4.68 Å². The van der Waals surface area contributed by atoms with Gasteiger partial charge in [0.1, 0.15) is 5.75 Å². The first kappa shape index (κ1) is 23.2. The fourth-order valence-corrected chi connectivity index (χ4v) is 4.02. The first-order valence-corrected chi connectivity index (χ1v) is 11.4. The van der Waals surface area contributed by atoms with Gasteiger partial charge in [0.05, 0.1) is 31.2 Å². The molecular formula is C28H29N3O3. The quantitative estimate of drug-likeness (QED) is 0.400. The molecular weight excluding hydrogens is 426 g/mol. The highest BCUT2D eigenvalue weighted by Crippen LogP contribution is 2.24. The van der Waals surface area contributed by atoms with E-state index >= 15 is 0 Å². The van der Waals surface area contributed by atoms with Gasteiger partial charge in [0.15, 0.2) is 0 Å². The average Bonchev–Trinajstić information content (AvgIpc) is 2.86. The molecule has 4 aromatic rings. The van der Waals surface area contributed by atoms with Crippen LogP contribution in [0.3, 0.4) is 0 Å². The Bertz CT molecular complexity index is 1360. The van der Waals surface area contributed by atoms with Crippen LogP contribution in [-0.2, 0) is 24.8 Å². The van der Waals surface area contributed by atoms with Gasteiger partial charge in [0.2, 0.25) is 5.91 Å². The second kappa shape index (κ2) is 9.91. The van der Waals surface area contributed by atoms with E-state index in [9.17, 15) is 9.59 Å². The number of hydrogen-bond acceptors (Lipinski definition) is 4. The Morgan fingerprint density at radius 3 is 2.24 bits per heavy atom. The van der Waals surface area contributed by atoms with Crippen molar-refractivity contribution >= 4 is 22.4 Å². The Morgan fingerprint density at radius 1 is 0.971 bits per heavy atom. The van der Waals surface area contributed by atoms with E-state index in [1.165, 1.54) is 10.2 Å². The van der Waals surface area contributed by atoms with Crippen LogP contribution in [0.1, 0.15) is 36.6 Å². The molecule has 0 aliphatic rings. The molecule has 174 valence electrons. The van der Waals surface area contributed by atoms with Crippen molar-refractivity contribution < 1.29 is 9.53 Å². The summed E-state index contributed by atoms with van der Waals surface area (Å²) in [6.45, 7) is 4.74. The number of fused-ring (bicyclic) bond motifs is 1. The van der Waals surface area contributed by atoms with Gasteiger partial charge in [0.25, 0.3) is 5.56 Å². The number of carbonyl (C=O) groups excluding carboxylic acids is 1. The number of hydrogen-bond donors (Lipinski definition) is 0. The van der Waals surface area contributed by atoms with E-state index < -0.39 is 0 Å². The molecule has 0 atom stereocenters. The minimum Gasteiger partial charge on any atom is -0.497 e. The average molecular weight is 456 g/mol. The van der Waals surface area contributed by atoms with E-state index in [0.29, 0.717) is 28.9 Å². The molecule has 0 radical (unpaired) electrons. The Labute approximate surface area is 199 Å². The number of aromatic nitrogens is 2. The van der Waals surface area contributed by atoms with Crippen molar-refractivity contribution in [2.24, 2.45) is 7.05 Å². The molecule has 0 aliphatic heterocycles. The van der Waals surface area contributed by atoms with Crippen molar-refractivity contribution in [3.8, 4) is 5.75 Å². The van der Waals surface area contributed by atoms with Gasteiger partial charge >= 0.3 is 0 Å². The third kappa shape index (κ3) is 4.86. The van der Waals surface area contributed by atoms with Crippen LogP contribution < -0.4 is 15.2 Å². The third-order valence-electron chi connectivity index (χ3n) is 6.02. The summed E-state index contributed by atoms with van der Waals surface area (Å²) in [5, 5.41) is 5.68. The van der Waals surface area contributed by atoms with Crippen LogP contribution in [0.15, 0.2) is 77.6 Å². The van der Waals surface area contributed by atoms with Crippen molar-refractivity contribution in [3.05, 3.63) is 100.0 Å². The molecule has 0 spiro atoms. The van der Waals surface area contributed by atoms with Gasteiger partial charge in [-0.3, -0.25) is 9.59 Å². The molecule has 0 N–H and O–H groups in total. The maximum atomic E-state index is 13.7. The lowest BCUT2D eigenvalue weighted by atomic mass is 10.0. The topological polar surface area (TPSA) is 64.4 Å². The number of rotatable bonds is 7. The van der Waals surface area contributed by atoms with Crippen LogP contribution in [0.2, 0.25) is 0 Å². The number of methoxy groups -OCH3 is 1. The first-order chi connectivity index (χ1) is 16.4. The van der Waals surface area contributed by atoms with Crippen LogP contribution in [0.5, 0.6) is 5.75 Å². The number of nitrogens with zero attached hydrogens (tertiary/aromatic N) is 3. The lowest BCUT2D eigenvalue weighted by Gasteiger charge is -2.24. The summed E-state index contributed by atoms with van der Waals surface area (Å²) in [6, 6.07) is 23.1. The normalized spacial score (nSPS) is 11.1. The maximum absolute atomic E-state index is 13.7. The molecule has 0 aliphatic carbocycles. The van der Waals surface area contributed by atoms with E-state index in [-0.39, 0.29) is 17.9 Å². The van der Waals surface area contributed by atoms with Crippen molar-refractivity contribution in [1.82, 2.24) is 9.78 Å². The zero-order valence-electron chi connectivity index (χ0n) is 20.0. The van der Waals surface area contributed by atoms with E-state index in [4.69, 9.17) is 4.74 Å². The highest BCUT2D eigenvalue weighted by molar-refractivity contribution is 5.97. The second-order valence-corrected chi connectivity index (χ2v) is 8.67. The van der Waals surface area contributed by atoms with Crippen molar-refractivity contribution in [2.45, 2.75) is 32.7 Å². The Morgan fingerprint density at radius 2 is 1.62 bits per heavy atom. The Hall–Kier alpha value is -3.93. The van der Waals surface area contributed by atoms with Gasteiger partial charge in [-0.15, -0.1) is 0 Å². The molecule has 4 rings (SSSR count). The number of carbonyl (C=O) groups is 1. The molecule has 0 saturated heterocycles. The van der Waals surface area contributed by atoms with E-state index in [1.807, 2.05) is 42.5 Å². The second-order valence-electron chi connectivity index (χ2n) is 8.67. The van der Waals surface area contributed by atoms with Crippen molar-refractivity contribution in [3.63, 3.8) is 0 Å². The van der Waals surface area contributed by atoms with Crippen LogP contribution >= 0.6 is 0 Å². The summed E-state index contributed by atoms with van der Waals surface area (Å²) < 4.78 is 6.58. The molecule has 1 heterocycles. The summed E-state index contributed by atoms with van der Waals surface area (Å²) in [6.07, 6.45) is 0.0741. The fraction of sp³-hybridized carbons (Fsp3) is 0.250. The molecule has 1 amide bonds. The number of anilines is 1. The highest BCUT2D eigenvalue weighted by Gasteiger charge is 2.20. The molecule has 0 unspecified atom stereocenters. The van der Waals surface area contributed by atoms with Gasteiger partial charge < -0.3 is 9.64 Å². The van der Waals surface area contributed by atoms with Crippen LogP contribution in [0.25, 0.3) is 10.8 Å². The van der Waals surface area contributed by atoms with Gasteiger partial charge in [-0.05, 0) is 47.4 Å². The minimum atomic E-state index is -0.177. The standard InChI is InChI=1S/C28H29N3O3/c1-19(2)21-11-9-20(10-12-21)18-31(22-13-15-23(34-4)16-14-22)27(32)17-26-24-7-5-6-8-25(24)28(33)30(3)29-26/h5-16,19H,17-18H2,1-4H3. The number of amides is 1. The van der Waals surface area contributed by atoms with Crippen LogP contribution in [0, 0.1) is 0 Å². The minimum absolute atomic E-state index is 0.0741. The third-order valence-corrected chi connectivity index (χ3v) is 6.02. The zero-order chi connectivity index (χ0) is 24.2. The van der Waals surface area contributed by atoms with Crippen LogP contribution in [0.4, 0.5) is 5.69 Å². The highest BCUT2D eigenvalue weighted by atomic mass is 16.5. The summed E-state index contributed by atoms with van der Waals surface area (Å²) in [7, 11) is 3.23. The van der Waals surface area contributed by atoms with E-state index in [1.54, 1.807) is 25.1 Å². The van der Waals surface area contributed by atoms with Crippen molar-refractivity contribution in [1.29, 1.82) is 0 Å². The summed E-state index contributed by atoms with van der Waals surface area (Å²) in [5.74, 6) is 1.06. The molecule has 3 aromatic carbocycles. The summed E-state index contributed by atoms with van der Waals surface area (Å²) in [5.41, 5.74) is 3.46. The van der Waals surface area contributed by atoms with Crippen molar-refractivity contribution in [2.75, 3.05) is 12.0 Å². The smallest absolute Gasteiger partial charge is 0.274 e. The Kier molecular flexibility index (Phi) is 6.77. The number of benzene rings is 3. The number of ether oxygens (including phenoxy) is 1. The molecule has 0 bridgehead atoms. The molecule has 0 fully saturated rings. The first-order valence-electron chi connectivity index (χ1n) is 11.4. The van der Waals surface area contributed by atoms with Crippen LogP contribution in [-0.4, -0.2) is 22.8 Å². The SMILES string of the molecule is COc1ccc(N(Cc2ccc(C(C)C)cc2)C(=O)Cc2nn(C)c(=O)c3ccccc23)cc1. The van der Waals surface area contributed by atoms with E-state index in [0.717, 1.165) is 17.0 Å². The predicted molar refractivity (Wildman–Crippen MR) is 135 cm³/mol. The van der Waals surface area contributed by atoms with Gasteiger partial charge in [0, 0.05) is 18.1 Å². The summed E-state index contributed by atoms with van der Waals surface area (Å²) >= 11 is 0. The summed E-state index contributed by atoms with van der Waals surface area (Å²) in [4.78, 5) is 27.9. The number of aryl methyl sites for hydroxylation is 1. The predicted octanol–water partition coefficient (Wildman–Crippen LogP) is 4.84. The van der Waals surface area contributed by atoms with Gasteiger partial charge in [-0.1, -0.05) is 56.3 Å². The maximum Gasteiger partial charge on any atom is 0.274 e. The molecule has 34 heavy (non-hydrogen) atoms. The lowest BCUT2D eigenvalue weighted by molar-refractivity contribution is -0.118. The molecule has 6 heteroatoms. The monoisotopic (exact) mass is 455 g/mol. The fourth-order valence-electron chi connectivity index (χ4n) is 4.02.